The molecular formula is C39H27BN2O. The number of aryl methyl sites for hydroxylation is 3. The molecule has 0 N–H and O–H groups in total. The molecule has 10 rings (SSSR count). The highest BCUT2D eigenvalue weighted by molar-refractivity contribution is 6.99. The fourth-order valence-electron chi connectivity index (χ4n) is 8.13. The first-order chi connectivity index (χ1) is 21.1. The highest BCUT2D eigenvalue weighted by Crippen LogP contribution is 2.40. The van der Waals surface area contributed by atoms with Crippen molar-refractivity contribution in [3.63, 3.8) is 0 Å². The smallest absolute Gasteiger partial charge is 0.256 e. The Morgan fingerprint density at radius 3 is 2.05 bits per heavy atom. The van der Waals surface area contributed by atoms with E-state index in [1.165, 1.54) is 82.4 Å². The first kappa shape index (κ1) is 23.4. The van der Waals surface area contributed by atoms with Gasteiger partial charge in [0, 0.05) is 38.8 Å². The van der Waals surface area contributed by atoms with Gasteiger partial charge in [-0.05, 0) is 85.7 Å². The molecule has 0 fully saturated rings. The van der Waals surface area contributed by atoms with E-state index in [-0.39, 0.29) is 6.71 Å². The molecule has 202 valence electrons. The van der Waals surface area contributed by atoms with Gasteiger partial charge in [-0.25, -0.2) is 0 Å². The van der Waals surface area contributed by atoms with Crippen LogP contribution in [0.5, 0.6) is 11.5 Å². The van der Waals surface area contributed by atoms with Gasteiger partial charge in [0.15, 0.2) is 0 Å². The molecule has 0 saturated heterocycles. The number of aromatic nitrogens is 2. The van der Waals surface area contributed by atoms with Crippen molar-refractivity contribution in [3.8, 4) is 22.9 Å². The van der Waals surface area contributed by atoms with Crippen LogP contribution < -0.4 is 21.1 Å². The molecule has 0 saturated carbocycles. The van der Waals surface area contributed by atoms with Gasteiger partial charge < -0.3 is 13.9 Å². The summed E-state index contributed by atoms with van der Waals surface area (Å²) in [5, 5.41) is 5.18. The summed E-state index contributed by atoms with van der Waals surface area (Å²) in [6.45, 7) is 6.77. The number of hydrogen-bond donors (Lipinski definition) is 0. The molecule has 0 radical (unpaired) electrons. The molecule has 0 unspecified atom stereocenters. The van der Waals surface area contributed by atoms with Gasteiger partial charge in [0.2, 0.25) is 0 Å². The van der Waals surface area contributed by atoms with Crippen LogP contribution in [0.4, 0.5) is 0 Å². The average Bonchev–Trinajstić information content (AvgIpc) is 3.52. The molecular weight excluding hydrogens is 523 g/mol. The maximum atomic E-state index is 6.89. The van der Waals surface area contributed by atoms with Crippen molar-refractivity contribution < 1.29 is 4.74 Å². The Hall–Kier alpha value is -5.22. The van der Waals surface area contributed by atoms with Crippen LogP contribution in [0.15, 0.2) is 109 Å². The second kappa shape index (κ2) is 7.99. The van der Waals surface area contributed by atoms with Crippen molar-refractivity contribution in [2.24, 2.45) is 0 Å². The molecule has 0 atom stereocenters. The molecule has 6 aromatic carbocycles. The van der Waals surface area contributed by atoms with Crippen LogP contribution >= 0.6 is 0 Å². The molecule has 0 aliphatic carbocycles. The standard InChI is InChI=1S/C39H27BN2O/c1-22-15-16-33-28(17-22)29-18-23(2)19-30-39(29)42(33)34-13-8-14-35-38(34)40(30)37-24(3)20-25(21-36(37)43-35)41-31-11-6-4-9-26(31)27-10-5-7-12-32(27)41/h4-21H,1-3H3. The first-order valence-corrected chi connectivity index (χ1v) is 15.1. The average molecular weight is 550 g/mol. The van der Waals surface area contributed by atoms with Gasteiger partial charge in [-0.1, -0.05) is 71.3 Å². The fraction of sp³-hybridized carbons (Fsp3) is 0.0769. The lowest BCUT2D eigenvalue weighted by molar-refractivity contribution is 0.486. The van der Waals surface area contributed by atoms with E-state index in [2.05, 4.69) is 139 Å². The summed E-state index contributed by atoms with van der Waals surface area (Å²) in [5.74, 6) is 1.89. The summed E-state index contributed by atoms with van der Waals surface area (Å²) in [7, 11) is 0. The lowest BCUT2D eigenvalue weighted by atomic mass is 9.34. The fourth-order valence-corrected chi connectivity index (χ4v) is 8.13. The monoisotopic (exact) mass is 550 g/mol. The summed E-state index contributed by atoms with van der Waals surface area (Å²) in [6.07, 6.45) is 0. The van der Waals surface area contributed by atoms with Gasteiger partial charge >= 0.3 is 0 Å². The number of para-hydroxylation sites is 2. The number of benzene rings is 6. The van der Waals surface area contributed by atoms with Gasteiger partial charge in [0.05, 0.1) is 22.2 Å². The lowest BCUT2D eigenvalue weighted by Gasteiger charge is -2.34. The van der Waals surface area contributed by atoms with E-state index in [1.54, 1.807) is 0 Å². The molecule has 4 heteroatoms. The van der Waals surface area contributed by atoms with Crippen molar-refractivity contribution >= 4 is 66.7 Å². The van der Waals surface area contributed by atoms with Crippen molar-refractivity contribution in [1.82, 2.24) is 9.13 Å². The van der Waals surface area contributed by atoms with Gasteiger partial charge in [-0.2, -0.15) is 0 Å². The number of nitrogens with zero attached hydrogens (tertiary/aromatic N) is 2. The Labute approximate surface area is 249 Å². The van der Waals surface area contributed by atoms with Gasteiger partial charge in [-0.15, -0.1) is 0 Å². The minimum atomic E-state index is 0.0995. The Bertz CT molecular complexity index is 2480. The van der Waals surface area contributed by atoms with Crippen LogP contribution in [-0.2, 0) is 0 Å². The quantitative estimate of drug-likeness (QED) is 0.191. The van der Waals surface area contributed by atoms with Crippen LogP contribution in [0.25, 0.3) is 55.0 Å². The molecule has 43 heavy (non-hydrogen) atoms. The van der Waals surface area contributed by atoms with Gasteiger partial charge in [-0.3, -0.25) is 0 Å². The third-order valence-electron chi connectivity index (χ3n) is 9.75. The van der Waals surface area contributed by atoms with Crippen molar-refractivity contribution in [3.05, 3.63) is 126 Å². The Kier molecular flexibility index (Phi) is 4.34. The second-order valence-corrected chi connectivity index (χ2v) is 12.4. The molecule has 8 aromatic rings. The predicted molar refractivity (Wildman–Crippen MR) is 181 cm³/mol. The highest BCUT2D eigenvalue weighted by atomic mass is 16.5. The van der Waals surface area contributed by atoms with Gasteiger partial charge in [0.1, 0.15) is 11.5 Å². The minimum Gasteiger partial charge on any atom is -0.458 e. The van der Waals surface area contributed by atoms with Crippen molar-refractivity contribution in [1.29, 1.82) is 0 Å². The van der Waals surface area contributed by atoms with Crippen LogP contribution in [-0.4, -0.2) is 15.8 Å². The topological polar surface area (TPSA) is 19.1 Å². The zero-order valence-corrected chi connectivity index (χ0v) is 24.3. The Morgan fingerprint density at radius 1 is 0.535 bits per heavy atom. The van der Waals surface area contributed by atoms with Crippen molar-refractivity contribution in [2.75, 3.05) is 0 Å². The summed E-state index contributed by atoms with van der Waals surface area (Å²) < 4.78 is 11.8. The van der Waals surface area contributed by atoms with E-state index >= 15 is 0 Å². The highest BCUT2D eigenvalue weighted by Gasteiger charge is 2.41. The summed E-state index contributed by atoms with van der Waals surface area (Å²) in [5.41, 5.74) is 15.0. The number of rotatable bonds is 1. The SMILES string of the molecule is Cc1ccc2c(c1)c1cc(C)cc3c1n2-c1cccc2c1B3c1c(C)cc(-n3c4ccccc4c4ccccc43)cc1O2. The summed E-state index contributed by atoms with van der Waals surface area (Å²) in [4.78, 5) is 0. The molecule has 4 heterocycles. The van der Waals surface area contributed by atoms with E-state index in [0.717, 1.165) is 17.2 Å². The molecule has 2 aliphatic heterocycles. The van der Waals surface area contributed by atoms with Gasteiger partial charge in [0.25, 0.3) is 6.71 Å². The second-order valence-electron chi connectivity index (χ2n) is 12.4. The third-order valence-corrected chi connectivity index (χ3v) is 9.75. The predicted octanol–water partition coefficient (Wildman–Crippen LogP) is 7.74. The minimum absolute atomic E-state index is 0.0995. The number of hydrogen-bond acceptors (Lipinski definition) is 1. The zero-order chi connectivity index (χ0) is 28.6. The van der Waals surface area contributed by atoms with E-state index in [4.69, 9.17) is 4.74 Å². The van der Waals surface area contributed by atoms with Crippen LogP contribution in [0, 0.1) is 20.8 Å². The molecule has 2 aromatic heterocycles. The molecule has 2 aliphatic rings. The maximum Gasteiger partial charge on any atom is 0.256 e. The van der Waals surface area contributed by atoms with E-state index < -0.39 is 0 Å². The molecule has 3 nitrogen and oxygen atoms in total. The summed E-state index contributed by atoms with van der Waals surface area (Å²) >= 11 is 0. The van der Waals surface area contributed by atoms with E-state index in [1.807, 2.05) is 0 Å². The Morgan fingerprint density at radius 2 is 1.26 bits per heavy atom. The van der Waals surface area contributed by atoms with Crippen LogP contribution in [0.3, 0.4) is 0 Å². The lowest BCUT2D eigenvalue weighted by Crippen LogP contribution is -2.59. The molecule has 0 spiro atoms. The summed E-state index contributed by atoms with van der Waals surface area (Å²) in [6, 6.07) is 40.2. The largest absolute Gasteiger partial charge is 0.458 e. The third kappa shape index (κ3) is 2.90. The van der Waals surface area contributed by atoms with E-state index in [0.29, 0.717) is 0 Å². The normalized spacial score (nSPS) is 13.1. The Balaban J connectivity index is 1.30. The number of fused-ring (bicyclic) bond motifs is 10. The maximum absolute atomic E-state index is 6.89. The van der Waals surface area contributed by atoms with Crippen LogP contribution in [0.2, 0.25) is 0 Å². The molecule has 0 amide bonds. The zero-order valence-electron chi connectivity index (χ0n) is 24.3. The van der Waals surface area contributed by atoms with E-state index in [9.17, 15) is 0 Å². The molecule has 0 bridgehead atoms. The first-order valence-electron chi connectivity index (χ1n) is 15.1. The van der Waals surface area contributed by atoms with Crippen molar-refractivity contribution in [2.45, 2.75) is 20.8 Å². The number of ether oxygens (including phenoxy) is 1. The van der Waals surface area contributed by atoms with Crippen LogP contribution in [0.1, 0.15) is 16.7 Å².